The molecule has 2 N–H and O–H groups in total. The van der Waals surface area contributed by atoms with E-state index in [0.29, 0.717) is 12.2 Å². The van der Waals surface area contributed by atoms with Gasteiger partial charge in [0.05, 0.1) is 20.3 Å². The number of pyridine rings is 1. The molecule has 0 saturated carbocycles. The van der Waals surface area contributed by atoms with Gasteiger partial charge in [0.1, 0.15) is 11.4 Å². The third-order valence-electron chi connectivity index (χ3n) is 4.69. The number of aromatic nitrogens is 1. The highest BCUT2D eigenvalue weighted by molar-refractivity contribution is 5.93. The number of anilines is 1. The number of nitrogens with zero attached hydrogens (tertiary/aromatic N) is 2. The minimum Gasteiger partial charge on any atom is -0.497 e. The Kier molecular flexibility index (Phi) is 7.63. The van der Waals surface area contributed by atoms with Crippen molar-refractivity contribution in [2.45, 2.75) is 6.42 Å². The second-order valence-electron chi connectivity index (χ2n) is 6.67. The van der Waals surface area contributed by atoms with Crippen LogP contribution in [0, 0.1) is 0 Å². The molecule has 1 fully saturated rings. The quantitative estimate of drug-likeness (QED) is 0.687. The first-order valence-corrected chi connectivity index (χ1v) is 9.66. The van der Waals surface area contributed by atoms with Gasteiger partial charge in [-0.25, -0.2) is 0 Å². The Labute approximate surface area is 166 Å². The molecule has 0 bridgehead atoms. The first-order chi connectivity index (χ1) is 13.7. The first kappa shape index (κ1) is 20.1. The molecule has 7 heteroatoms. The van der Waals surface area contributed by atoms with Crippen LogP contribution in [-0.4, -0.2) is 68.8 Å². The predicted octanol–water partition coefficient (Wildman–Crippen LogP) is 1.81. The van der Waals surface area contributed by atoms with Crippen LogP contribution >= 0.6 is 0 Å². The fourth-order valence-corrected chi connectivity index (χ4v) is 3.09. The number of hydrogen-bond donors (Lipinski definition) is 2. The molecule has 1 aromatic carbocycles. The fraction of sp³-hybridized carbons (Fsp3) is 0.429. The van der Waals surface area contributed by atoms with E-state index in [1.165, 1.54) is 5.56 Å². The maximum atomic E-state index is 12.3. The molecule has 0 spiro atoms. The highest BCUT2D eigenvalue weighted by atomic mass is 16.5. The SMILES string of the molecule is COc1cccc(CCNc2ccnc(C(=O)NCCN3CCOCC3)c2)c1. The van der Waals surface area contributed by atoms with Crippen molar-refractivity contribution in [1.29, 1.82) is 0 Å². The summed E-state index contributed by atoms with van der Waals surface area (Å²) in [6, 6.07) is 11.7. The van der Waals surface area contributed by atoms with Crippen LogP contribution in [0.4, 0.5) is 5.69 Å². The molecule has 1 aromatic heterocycles. The molecule has 7 nitrogen and oxygen atoms in total. The van der Waals surface area contributed by atoms with E-state index in [9.17, 15) is 4.79 Å². The number of hydrogen-bond acceptors (Lipinski definition) is 6. The second kappa shape index (κ2) is 10.6. The molecule has 3 rings (SSSR count). The molecule has 28 heavy (non-hydrogen) atoms. The van der Waals surface area contributed by atoms with Gasteiger partial charge >= 0.3 is 0 Å². The monoisotopic (exact) mass is 384 g/mol. The number of nitrogens with one attached hydrogen (secondary N) is 2. The Morgan fingerprint density at radius 2 is 2.07 bits per heavy atom. The molecule has 2 heterocycles. The van der Waals surface area contributed by atoms with Crippen LogP contribution in [0.5, 0.6) is 5.75 Å². The number of carbonyl (C=O) groups is 1. The van der Waals surface area contributed by atoms with E-state index in [0.717, 1.165) is 57.3 Å². The smallest absolute Gasteiger partial charge is 0.269 e. The highest BCUT2D eigenvalue weighted by Crippen LogP contribution is 2.14. The van der Waals surface area contributed by atoms with Crippen molar-refractivity contribution < 1.29 is 14.3 Å². The van der Waals surface area contributed by atoms with Crippen LogP contribution in [0.1, 0.15) is 16.1 Å². The van der Waals surface area contributed by atoms with Gasteiger partial charge in [0.25, 0.3) is 5.91 Å². The summed E-state index contributed by atoms with van der Waals surface area (Å²) in [7, 11) is 1.67. The lowest BCUT2D eigenvalue weighted by Crippen LogP contribution is -2.41. The molecule has 1 amide bonds. The topological polar surface area (TPSA) is 75.7 Å². The third-order valence-corrected chi connectivity index (χ3v) is 4.69. The zero-order valence-corrected chi connectivity index (χ0v) is 16.3. The highest BCUT2D eigenvalue weighted by Gasteiger charge is 2.11. The fourth-order valence-electron chi connectivity index (χ4n) is 3.09. The van der Waals surface area contributed by atoms with E-state index in [2.05, 4.69) is 26.6 Å². The summed E-state index contributed by atoms with van der Waals surface area (Å²) < 4.78 is 10.6. The largest absolute Gasteiger partial charge is 0.497 e. The molecule has 1 aliphatic heterocycles. The molecule has 0 radical (unpaired) electrons. The van der Waals surface area contributed by atoms with E-state index in [-0.39, 0.29) is 5.91 Å². The average Bonchev–Trinajstić information content (AvgIpc) is 2.75. The van der Waals surface area contributed by atoms with Gasteiger partial charge in [-0.15, -0.1) is 0 Å². The molecular formula is C21H28N4O3. The molecule has 2 aromatic rings. The molecular weight excluding hydrogens is 356 g/mol. The van der Waals surface area contributed by atoms with Gasteiger partial charge in [0, 0.05) is 44.6 Å². The average molecular weight is 384 g/mol. The van der Waals surface area contributed by atoms with Gasteiger partial charge in [-0.1, -0.05) is 12.1 Å². The Morgan fingerprint density at radius 3 is 2.89 bits per heavy atom. The predicted molar refractivity (Wildman–Crippen MR) is 109 cm³/mol. The molecule has 150 valence electrons. The van der Waals surface area contributed by atoms with Crippen LogP contribution in [0.2, 0.25) is 0 Å². The van der Waals surface area contributed by atoms with Gasteiger partial charge < -0.3 is 20.1 Å². The standard InChI is InChI=1S/C21H28N4O3/c1-27-19-4-2-3-17(15-19)5-7-22-18-6-8-23-20(16-18)21(26)24-9-10-25-11-13-28-14-12-25/h2-4,6,8,15-16H,5,7,9-14H2,1H3,(H,22,23)(H,24,26). The third kappa shape index (κ3) is 6.21. The van der Waals surface area contributed by atoms with E-state index in [4.69, 9.17) is 9.47 Å². The van der Waals surface area contributed by atoms with Crippen molar-refractivity contribution in [1.82, 2.24) is 15.2 Å². The molecule has 1 saturated heterocycles. The van der Waals surface area contributed by atoms with Crippen LogP contribution in [0.3, 0.4) is 0 Å². The molecule has 0 aliphatic carbocycles. The summed E-state index contributed by atoms with van der Waals surface area (Å²) in [5, 5.41) is 6.29. The van der Waals surface area contributed by atoms with Gasteiger partial charge in [0.2, 0.25) is 0 Å². The maximum Gasteiger partial charge on any atom is 0.269 e. The summed E-state index contributed by atoms with van der Waals surface area (Å²) in [6.45, 7) is 5.55. The summed E-state index contributed by atoms with van der Waals surface area (Å²) in [5.41, 5.74) is 2.51. The first-order valence-electron chi connectivity index (χ1n) is 9.66. The number of amides is 1. The van der Waals surface area contributed by atoms with Gasteiger partial charge in [-0.05, 0) is 36.2 Å². The number of rotatable bonds is 9. The molecule has 0 atom stereocenters. The van der Waals surface area contributed by atoms with Gasteiger partial charge in [-0.2, -0.15) is 0 Å². The Bertz CT molecular complexity index is 763. The molecule has 1 aliphatic rings. The van der Waals surface area contributed by atoms with Crippen molar-refractivity contribution in [3.05, 3.63) is 53.9 Å². The Balaban J connectivity index is 1.44. The Morgan fingerprint density at radius 1 is 1.21 bits per heavy atom. The van der Waals surface area contributed by atoms with Crippen LogP contribution < -0.4 is 15.4 Å². The Hall–Kier alpha value is -2.64. The minimum absolute atomic E-state index is 0.148. The number of carbonyl (C=O) groups excluding carboxylic acids is 1. The summed E-state index contributed by atoms with van der Waals surface area (Å²) in [6.07, 6.45) is 2.52. The number of methoxy groups -OCH3 is 1. The van der Waals surface area contributed by atoms with E-state index in [1.807, 2.05) is 24.3 Å². The number of ether oxygens (including phenoxy) is 2. The van der Waals surface area contributed by atoms with Crippen molar-refractivity contribution in [2.75, 3.05) is 58.4 Å². The lowest BCUT2D eigenvalue weighted by atomic mass is 10.1. The lowest BCUT2D eigenvalue weighted by Gasteiger charge is -2.26. The van der Waals surface area contributed by atoms with Gasteiger partial charge in [-0.3, -0.25) is 14.7 Å². The summed E-state index contributed by atoms with van der Waals surface area (Å²) in [5.74, 6) is 0.710. The zero-order valence-electron chi connectivity index (χ0n) is 16.3. The number of benzene rings is 1. The van der Waals surface area contributed by atoms with Crippen molar-refractivity contribution in [3.63, 3.8) is 0 Å². The van der Waals surface area contributed by atoms with Crippen molar-refractivity contribution >= 4 is 11.6 Å². The maximum absolute atomic E-state index is 12.3. The zero-order chi connectivity index (χ0) is 19.6. The van der Waals surface area contributed by atoms with Crippen LogP contribution in [-0.2, 0) is 11.2 Å². The minimum atomic E-state index is -0.148. The van der Waals surface area contributed by atoms with Crippen molar-refractivity contribution in [2.24, 2.45) is 0 Å². The van der Waals surface area contributed by atoms with Crippen LogP contribution in [0.15, 0.2) is 42.6 Å². The summed E-state index contributed by atoms with van der Waals surface area (Å²) >= 11 is 0. The van der Waals surface area contributed by atoms with E-state index < -0.39 is 0 Å². The van der Waals surface area contributed by atoms with E-state index in [1.54, 1.807) is 19.4 Å². The summed E-state index contributed by atoms with van der Waals surface area (Å²) in [4.78, 5) is 18.8. The number of morpholine rings is 1. The normalized spacial score (nSPS) is 14.5. The van der Waals surface area contributed by atoms with Crippen molar-refractivity contribution in [3.8, 4) is 5.75 Å². The lowest BCUT2D eigenvalue weighted by molar-refractivity contribution is 0.0383. The van der Waals surface area contributed by atoms with E-state index >= 15 is 0 Å². The van der Waals surface area contributed by atoms with Crippen LogP contribution in [0.25, 0.3) is 0 Å². The molecule has 0 unspecified atom stereocenters. The second-order valence-corrected chi connectivity index (χ2v) is 6.67. The van der Waals surface area contributed by atoms with Gasteiger partial charge in [0.15, 0.2) is 0 Å².